The van der Waals surface area contributed by atoms with E-state index < -0.39 is 9.84 Å². The molecule has 0 aliphatic carbocycles. The van der Waals surface area contributed by atoms with E-state index in [4.69, 9.17) is 0 Å². The maximum absolute atomic E-state index is 12.3. The minimum absolute atomic E-state index is 0.0679. The number of thiazole rings is 1. The third-order valence-electron chi connectivity index (χ3n) is 4.35. The predicted octanol–water partition coefficient (Wildman–Crippen LogP) is 1.75. The van der Waals surface area contributed by atoms with Crippen molar-refractivity contribution < 1.29 is 8.42 Å². The number of benzene rings is 1. The van der Waals surface area contributed by atoms with Crippen molar-refractivity contribution in [1.29, 1.82) is 0 Å². The smallest absolute Gasteiger partial charge is 0.300 e. The van der Waals surface area contributed by atoms with Gasteiger partial charge in [-0.25, -0.2) is 8.42 Å². The van der Waals surface area contributed by atoms with E-state index in [2.05, 4.69) is 24.0 Å². The Morgan fingerprint density at radius 1 is 1.17 bits per heavy atom. The molecule has 0 radical (unpaired) electrons. The van der Waals surface area contributed by atoms with Crippen LogP contribution in [0.15, 0.2) is 23.0 Å². The molecule has 1 aromatic heterocycles. The molecule has 23 heavy (non-hydrogen) atoms. The van der Waals surface area contributed by atoms with E-state index in [1.165, 1.54) is 16.9 Å². The number of aryl methyl sites for hydroxylation is 1. The summed E-state index contributed by atoms with van der Waals surface area (Å²) >= 11 is 1.30. The van der Waals surface area contributed by atoms with E-state index in [1.54, 1.807) is 0 Å². The third kappa shape index (κ3) is 3.84. The minimum atomic E-state index is -2.85. The zero-order valence-corrected chi connectivity index (χ0v) is 15.0. The van der Waals surface area contributed by atoms with Crippen LogP contribution < -0.4 is 4.87 Å². The normalized spacial score (nSPS) is 18.5. The molecule has 1 saturated heterocycles. The first-order valence-corrected chi connectivity index (χ1v) is 10.7. The van der Waals surface area contributed by atoms with E-state index in [1.807, 2.05) is 10.6 Å². The Kier molecular flexibility index (Phi) is 4.89. The highest BCUT2D eigenvalue weighted by Gasteiger charge is 2.21. The van der Waals surface area contributed by atoms with Crippen LogP contribution in [0.25, 0.3) is 10.2 Å². The standard InChI is InChI=1S/C16H22N2O3S2/c1-2-3-13-4-5-14-15(12-13)22-16(19)18(14)7-6-17-8-10-23(20,21)11-9-17/h4-5,12H,2-3,6-11H2,1H3. The lowest BCUT2D eigenvalue weighted by molar-refractivity contribution is 0.284. The lowest BCUT2D eigenvalue weighted by Gasteiger charge is -2.26. The van der Waals surface area contributed by atoms with E-state index in [0.717, 1.165) is 29.6 Å². The molecule has 2 aromatic rings. The van der Waals surface area contributed by atoms with Crippen molar-refractivity contribution in [1.82, 2.24) is 9.47 Å². The summed E-state index contributed by atoms with van der Waals surface area (Å²) in [5.74, 6) is 0.458. The van der Waals surface area contributed by atoms with Crippen LogP contribution >= 0.6 is 11.3 Å². The number of sulfone groups is 1. The summed E-state index contributed by atoms with van der Waals surface area (Å²) in [5.41, 5.74) is 2.26. The quantitative estimate of drug-likeness (QED) is 0.821. The molecule has 3 rings (SSSR count). The molecule has 7 heteroatoms. The molecule has 1 fully saturated rings. The van der Waals surface area contributed by atoms with Crippen molar-refractivity contribution in [3.63, 3.8) is 0 Å². The molecule has 5 nitrogen and oxygen atoms in total. The molecular weight excluding hydrogens is 332 g/mol. The monoisotopic (exact) mass is 354 g/mol. The zero-order valence-electron chi connectivity index (χ0n) is 13.3. The molecule has 0 saturated carbocycles. The Morgan fingerprint density at radius 3 is 2.61 bits per heavy atom. The van der Waals surface area contributed by atoms with Gasteiger partial charge in [-0.1, -0.05) is 30.7 Å². The Bertz CT molecular complexity index is 838. The minimum Gasteiger partial charge on any atom is -0.300 e. The highest BCUT2D eigenvalue weighted by Crippen LogP contribution is 2.20. The van der Waals surface area contributed by atoms with Gasteiger partial charge in [0.15, 0.2) is 9.84 Å². The van der Waals surface area contributed by atoms with E-state index >= 15 is 0 Å². The average molecular weight is 354 g/mol. The third-order valence-corrected chi connectivity index (χ3v) is 6.90. The second-order valence-electron chi connectivity index (χ2n) is 6.07. The number of nitrogens with zero attached hydrogens (tertiary/aromatic N) is 2. The predicted molar refractivity (Wildman–Crippen MR) is 95.2 cm³/mol. The van der Waals surface area contributed by atoms with Crippen LogP contribution in [-0.2, 0) is 22.8 Å². The molecule has 0 amide bonds. The van der Waals surface area contributed by atoms with Gasteiger partial charge in [-0.2, -0.15) is 0 Å². The first kappa shape index (κ1) is 16.7. The number of fused-ring (bicyclic) bond motifs is 1. The molecule has 0 spiro atoms. The summed E-state index contributed by atoms with van der Waals surface area (Å²) in [4.78, 5) is 14.4. The Hall–Kier alpha value is -1.18. The number of hydrogen-bond donors (Lipinski definition) is 0. The molecule has 0 unspecified atom stereocenters. The Morgan fingerprint density at radius 2 is 1.91 bits per heavy atom. The molecule has 0 atom stereocenters. The van der Waals surface area contributed by atoms with Gasteiger partial charge >= 0.3 is 4.87 Å². The molecular formula is C16H22N2O3S2. The van der Waals surface area contributed by atoms with Gasteiger partial charge in [0.1, 0.15) is 0 Å². The first-order chi connectivity index (χ1) is 11.0. The molecule has 1 aromatic carbocycles. The zero-order chi connectivity index (χ0) is 16.4. The average Bonchev–Trinajstić information content (AvgIpc) is 2.81. The highest BCUT2D eigenvalue weighted by molar-refractivity contribution is 7.91. The highest BCUT2D eigenvalue weighted by atomic mass is 32.2. The van der Waals surface area contributed by atoms with Crippen LogP contribution in [0.1, 0.15) is 18.9 Å². The lowest BCUT2D eigenvalue weighted by atomic mass is 10.1. The van der Waals surface area contributed by atoms with Crippen molar-refractivity contribution in [3.05, 3.63) is 33.4 Å². The summed E-state index contributed by atoms with van der Waals surface area (Å²) in [6.07, 6.45) is 2.13. The van der Waals surface area contributed by atoms with Gasteiger partial charge in [-0.05, 0) is 24.1 Å². The van der Waals surface area contributed by atoms with Gasteiger partial charge in [0.2, 0.25) is 0 Å². The van der Waals surface area contributed by atoms with E-state index in [9.17, 15) is 13.2 Å². The van der Waals surface area contributed by atoms with Crippen LogP contribution in [-0.4, -0.2) is 49.0 Å². The Labute approximate surface area is 140 Å². The summed E-state index contributed by atoms with van der Waals surface area (Å²) in [6.45, 7) is 4.63. The number of rotatable bonds is 5. The maximum atomic E-state index is 12.3. The molecule has 0 N–H and O–H groups in total. The fourth-order valence-electron chi connectivity index (χ4n) is 2.98. The van der Waals surface area contributed by atoms with Crippen LogP contribution in [0.2, 0.25) is 0 Å². The van der Waals surface area contributed by atoms with E-state index in [0.29, 0.717) is 19.6 Å². The SMILES string of the molecule is CCCc1ccc2c(c1)sc(=O)n2CCN1CCS(=O)(=O)CC1. The summed E-state index contributed by atoms with van der Waals surface area (Å²) in [7, 11) is -2.85. The van der Waals surface area contributed by atoms with Crippen molar-refractivity contribution >= 4 is 31.4 Å². The fourth-order valence-corrected chi connectivity index (χ4v) is 5.24. The first-order valence-electron chi connectivity index (χ1n) is 8.03. The lowest BCUT2D eigenvalue weighted by Crippen LogP contribution is -2.42. The number of aromatic nitrogens is 1. The number of hydrogen-bond acceptors (Lipinski definition) is 5. The van der Waals surface area contributed by atoms with Gasteiger partial charge in [0.05, 0.1) is 21.7 Å². The second-order valence-corrected chi connectivity index (χ2v) is 9.36. The summed E-state index contributed by atoms with van der Waals surface area (Å²) in [5, 5.41) is 0. The molecule has 126 valence electrons. The molecule has 0 bridgehead atoms. The van der Waals surface area contributed by atoms with Crippen molar-refractivity contribution in [3.8, 4) is 0 Å². The van der Waals surface area contributed by atoms with Crippen molar-refractivity contribution in [2.24, 2.45) is 0 Å². The summed E-state index contributed by atoms with van der Waals surface area (Å²) < 4.78 is 25.8. The maximum Gasteiger partial charge on any atom is 0.308 e. The fraction of sp³-hybridized carbons (Fsp3) is 0.562. The second kappa shape index (κ2) is 6.75. The summed E-state index contributed by atoms with van der Waals surface area (Å²) in [6, 6.07) is 6.26. The van der Waals surface area contributed by atoms with Gasteiger partial charge in [-0.3, -0.25) is 14.3 Å². The van der Waals surface area contributed by atoms with Crippen LogP contribution in [0.3, 0.4) is 0 Å². The molecule has 2 heterocycles. The van der Waals surface area contributed by atoms with Gasteiger partial charge in [0.25, 0.3) is 0 Å². The largest absolute Gasteiger partial charge is 0.308 e. The van der Waals surface area contributed by atoms with Crippen LogP contribution in [0.5, 0.6) is 0 Å². The van der Waals surface area contributed by atoms with Crippen LogP contribution in [0.4, 0.5) is 0 Å². The molecule has 1 aliphatic rings. The van der Waals surface area contributed by atoms with Gasteiger partial charge < -0.3 is 0 Å². The van der Waals surface area contributed by atoms with Crippen molar-refractivity contribution in [2.75, 3.05) is 31.1 Å². The van der Waals surface area contributed by atoms with Gasteiger partial charge in [0, 0.05) is 26.2 Å². The van der Waals surface area contributed by atoms with Crippen molar-refractivity contribution in [2.45, 2.75) is 26.3 Å². The van der Waals surface area contributed by atoms with Crippen LogP contribution in [0, 0.1) is 0 Å². The van der Waals surface area contributed by atoms with Gasteiger partial charge in [-0.15, -0.1) is 0 Å². The van der Waals surface area contributed by atoms with E-state index in [-0.39, 0.29) is 16.4 Å². The Balaban J connectivity index is 1.73. The topological polar surface area (TPSA) is 59.4 Å². The molecule has 1 aliphatic heterocycles.